The average molecular weight is 913 g/mol. The predicted octanol–water partition coefficient (Wildman–Crippen LogP) is 8.54. The Kier molecular flexibility index (Phi) is 14.8. The molecule has 336 valence electrons. The van der Waals surface area contributed by atoms with Crippen LogP contribution in [0.5, 0.6) is 0 Å². The summed E-state index contributed by atoms with van der Waals surface area (Å²) in [5.74, 6) is -69.9. The molecule has 0 unspecified atom stereocenters. The van der Waals surface area contributed by atoms with Crippen LogP contribution in [-0.4, -0.2) is 19.2 Å². The molecule has 0 bridgehead atoms. The van der Waals surface area contributed by atoms with Gasteiger partial charge in [0.2, 0.25) is 0 Å². The van der Waals surface area contributed by atoms with Gasteiger partial charge in [-0.2, -0.15) is 0 Å². The van der Waals surface area contributed by atoms with Gasteiger partial charge in [-0.1, -0.05) is 57.5 Å². The highest BCUT2D eigenvalue weighted by Crippen LogP contribution is 2.30. The minimum atomic E-state index is -7.22. The van der Waals surface area contributed by atoms with Crippen LogP contribution >= 0.6 is 0 Å². The highest BCUT2D eigenvalue weighted by molar-refractivity contribution is 7.20. The third-order valence-corrected chi connectivity index (χ3v) is 9.64. The van der Waals surface area contributed by atoms with Gasteiger partial charge in [0.05, 0.1) is 13.1 Å². The fourth-order valence-electron chi connectivity index (χ4n) is 7.37. The van der Waals surface area contributed by atoms with Crippen molar-refractivity contribution >= 4 is 28.0 Å². The minimum absolute atomic E-state index is 0.772. The van der Waals surface area contributed by atoms with E-state index in [0.29, 0.717) is 0 Å². The Bertz CT molecular complexity index is 2150. The van der Waals surface area contributed by atoms with E-state index >= 15 is 35.1 Å². The second-order valence-electron chi connectivity index (χ2n) is 14.9. The number of halogens is 20. The molecular weight excluding hydrogens is 885 g/mol. The van der Waals surface area contributed by atoms with Gasteiger partial charge in [-0.3, -0.25) is 0 Å². The summed E-state index contributed by atoms with van der Waals surface area (Å²) in [6.45, 7) is 15.1. The van der Waals surface area contributed by atoms with E-state index in [2.05, 4.69) is 58.9 Å². The zero-order valence-electron chi connectivity index (χ0n) is 32.2. The Morgan fingerprint density at radius 2 is 0.597 bits per heavy atom. The molecule has 1 nitrogen and oxygen atoms in total. The number of hydrogen-bond acceptors (Lipinski definition) is 0. The molecule has 0 spiro atoms. The summed E-state index contributed by atoms with van der Waals surface area (Å²) in [4.78, 5) is 1.71. The van der Waals surface area contributed by atoms with Crippen LogP contribution in [0.1, 0.15) is 38.8 Å². The molecule has 0 aliphatic heterocycles. The number of aryl methyl sites for hydroxylation is 1. The fraction of sp³-hybridized carbons (Fsp3) is 0.250. The van der Waals surface area contributed by atoms with Gasteiger partial charge in [-0.15, -0.1) is 21.9 Å². The topological polar surface area (TPSA) is 4.44 Å². The van der Waals surface area contributed by atoms with E-state index in [0.717, 1.165) is 18.4 Å². The lowest BCUT2D eigenvalue weighted by Gasteiger charge is -2.44. The predicted molar refractivity (Wildman–Crippen MR) is 184 cm³/mol. The first kappa shape index (κ1) is 49.4. The second-order valence-corrected chi connectivity index (χ2v) is 14.9. The maximum atomic E-state index is 15.4. The fourth-order valence-corrected chi connectivity index (χ4v) is 7.37. The van der Waals surface area contributed by atoms with Crippen LogP contribution in [0.15, 0.2) is 24.3 Å². The molecule has 0 radical (unpaired) electrons. The molecular formula is C40H28BF20N. The Labute approximate surface area is 338 Å². The summed E-state index contributed by atoms with van der Waals surface area (Å²) < 4.78 is 294. The SMILES string of the molecule is Cc1cccc(C[NH+](CC(C)C)CC(C)C)c1.Fc1c(F)c(F)c([B-](c2c(F)c(F)c(F)c(F)c2F)(c2c(F)c(F)c(F)c(F)c2F)c2c(F)c(F)c(F)c(F)c2F)c(F)c1F. The number of quaternary nitrogens is 1. The van der Waals surface area contributed by atoms with Crippen molar-refractivity contribution in [2.24, 2.45) is 11.8 Å². The molecule has 0 atom stereocenters. The van der Waals surface area contributed by atoms with Crippen LogP contribution < -0.4 is 26.8 Å². The van der Waals surface area contributed by atoms with Crippen LogP contribution in [0, 0.1) is 135 Å². The third kappa shape index (κ3) is 8.45. The van der Waals surface area contributed by atoms with Gasteiger partial charge < -0.3 is 4.90 Å². The summed E-state index contributed by atoms with van der Waals surface area (Å²) in [6, 6.07) is 8.93. The van der Waals surface area contributed by atoms with Gasteiger partial charge in [0.25, 0.3) is 0 Å². The summed E-state index contributed by atoms with van der Waals surface area (Å²) in [5.41, 5.74) is -11.5. The molecule has 0 saturated carbocycles. The largest absolute Gasteiger partial charge is 0.331 e. The Morgan fingerprint density at radius 3 is 0.806 bits per heavy atom. The standard InChI is InChI=1S/C24BF20.C16H27N/c26-5-1(6(27)14(35)21(42)13(5)34)25(2-7(28)15(36)22(43)16(37)8(2)29,3-9(30)17(38)23(44)18(39)10(3)31)4-11(32)19(40)24(45)20(41)12(4)33;1-13(2)10-17(11-14(3)4)12-16-8-6-7-15(5)9-16/h;6-9,13-14H,10-12H2,1-5H3/q-1;/p+1. The van der Waals surface area contributed by atoms with E-state index in [-0.39, 0.29) is 0 Å². The van der Waals surface area contributed by atoms with Gasteiger partial charge in [-0.25, -0.2) is 87.8 Å². The van der Waals surface area contributed by atoms with Gasteiger partial charge in [0.15, 0.2) is 69.8 Å². The number of hydrogen-bond donors (Lipinski definition) is 1. The van der Waals surface area contributed by atoms with Crippen molar-refractivity contribution in [3.8, 4) is 0 Å². The third-order valence-electron chi connectivity index (χ3n) is 9.64. The monoisotopic (exact) mass is 913 g/mol. The molecule has 0 amide bonds. The molecule has 1 N–H and O–H groups in total. The molecule has 0 fully saturated rings. The van der Waals surface area contributed by atoms with E-state index < -0.39 is 144 Å². The summed E-state index contributed by atoms with van der Waals surface area (Å²) >= 11 is 0. The minimum Gasteiger partial charge on any atom is -0.331 e. The smallest absolute Gasteiger partial charge is 0.200 e. The summed E-state index contributed by atoms with van der Waals surface area (Å²) in [7, 11) is 0. The van der Waals surface area contributed by atoms with Crippen LogP contribution in [0.3, 0.4) is 0 Å². The number of nitrogens with one attached hydrogen (secondary N) is 1. The molecule has 5 rings (SSSR count). The molecule has 5 aromatic rings. The molecule has 5 aromatic carbocycles. The van der Waals surface area contributed by atoms with Crippen molar-refractivity contribution in [1.82, 2.24) is 0 Å². The first-order valence-corrected chi connectivity index (χ1v) is 17.8. The Balaban J connectivity index is 0.000000416. The van der Waals surface area contributed by atoms with Gasteiger partial charge >= 0.3 is 0 Å². The Morgan fingerprint density at radius 1 is 0.371 bits per heavy atom. The normalized spacial score (nSPS) is 11.9. The molecule has 62 heavy (non-hydrogen) atoms. The maximum Gasteiger partial charge on any atom is 0.200 e. The Hall–Kier alpha value is -5.28. The average Bonchev–Trinajstić information content (AvgIpc) is 3.20. The first-order valence-electron chi connectivity index (χ1n) is 17.8. The van der Waals surface area contributed by atoms with E-state index in [4.69, 9.17) is 0 Å². The van der Waals surface area contributed by atoms with Crippen molar-refractivity contribution in [1.29, 1.82) is 0 Å². The van der Waals surface area contributed by atoms with Gasteiger partial charge in [0, 0.05) is 17.4 Å². The van der Waals surface area contributed by atoms with E-state index in [1.54, 1.807) is 4.90 Å². The number of benzene rings is 5. The maximum absolute atomic E-state index is 15.4. The molecule has 0 aromatic heterocycles. The van der Waals surface area contributed by atoms with Crippen LogP contribution in [0.4, 0.5) is 87.8 Å². The number of rotatable bonds is 10. The molecule has 0 aliphatic rings. The van der Waals surface area contributed by atoms with Crippen LogP contribution in [0.2, 0.25) is 0 Å². The zero-order valence-corrected chi connectivity index (χ0v) is 32.2. The van der Waals surface area contributed by atoms with Crippen molar-refractivity contribution in [3.63, 3.8) is 0 Å². The summed E-state index contributed by atoms with van der Waals surface area (Å²) in [5, 5.41) is 0. The lowest BCUT2D eigenvalue weighted by molar-refractivity contribution is -0.919. The highest BCUT2D eigenvalue weighted by atomic mass is 19.2. The molecule has 0 saturated heterocycles. The van der Waals surface area contributed by atoms with Crippen LogP contribution in [0.25, 0.3) is 0 Å². The lowest BCUT2D eigenvalue weighted by Crippen LogP contribution is -3.11. The van der Waals surface area contributed by atoms with Crippen molar-refractivity contribution in [2.75, 3.05) is 13.1 Å². The second kappa shape index (κ2) is 18.6. The molecule has 0 aliphatic carbocycles. The van der Waals surface area contributed by atoms with Crippen LogP contribution in [-0.2, 0) is 6.54 Å². The van der Waals surface area contributed by atoms with Crippen molar-refractivity contribution < 1.29 is 92.7 Å². The lowest BCUT2D eigenvalue weighted by atomic mass is 9.12. The van der Waals surface area contributed by atoms with E-state index in [1.165, 1.54) is 24.2 Å². The molecule has 0 heterocycles. The van der Waals surface area contributed by atoms with E-state index in [9.17, 15) is 52.7 Å². The van der Waals surface area contributed by atoms with Gasteiger partial charge in [0.1, 0.15) is 59.2 Å². The molecule has 22 heteroatoms. The highest BCUT2D eigenvalue weighted by Gasteiger charge is 2.52. The quantitative estimate of drug-likeness (QED) is 0.0621. The zero-order chi connectivity index (χ0) is 47.2. The van der Waals surface area contributed by atoms with Crippen molar-refractivity contribution in [2.45, 2.75) is 41.2 Å². The first-order chi connectivity index (χ1) is 28.7. The van der Waals surface area contributed by atoms with Crippen molar-refractivity contribution in [3.05, 3.63) is 152 Å². The van der Waals surface area contributed by atoms with Gasteiger partial charge in [-0.05, 0) is 6.92 Å². The summed E-state index contributed by atoms with van der Waals surface area (Å²) in [6.07, 6.45) is -7.22. The van der Waals surface area contributed by atoms with E-state index in [1.807, 2.05) is 0 Å².